The molecule has 1 saturated heterocycles. The molecule has 27 heavy (non-hydrogen) atoms. The highest BCUT2D eigenvalue weighted by Crippen LogP contribution is 2.22. The van der Waals surface area contributed by atoms with E-state index in [0.717, 1.165) is 17.1 Å². The van der Waals surface area contributed by atoms with Crippen molar-refractivity contribution >= 4 is 11.7 Å². The van der Waals surface area contributed by atoms with E-state index in [1.54, 1.807) is 35.4 Å². The molecule has 3 aromatic rings. The summed E-state index contributed by atoms with van der Waals surface area (Å²) in [5.41, 5.74) is 2.04. The van der Waals surface area contributed by atoms with Crippen molar-refractivity contribution in [2.24, 2.45) is 0 Å². The van der Waals surface area contributed by atoms with Crippen LogP contribution in [-0.4, -0.2) is 51.9 Å². The molecule has 1 aromatic carbocycles. The molecular weight excluding hydrogens is 345 g/mol. The molecule has 7 heteroatoms. The molecule has 0 unspecified atom stereocenters. The number of benzene rings is 1. The number of pyridine rings is 1. The van der Waals surface area contributed by atoms with Gasteiger partial charge in [-0.05, 0) is 36.4 Å². The number of hydrogen-bond acceptors (Lipinski definition) is 5. The predicted octanol–water partition coefficient (Wildman–Crippen LogP) is 2.64. The van der Waals surface area contributed by atoms with Gasteiger partial charge in [-0.15, -0.1) is 0 Å². The average Bonchev–Trinajstić information content (AvgIpc) is 2.75. The Bertz CT molecular complexity index is 925. The van der Waals surface area contributed by atoms with Gasteiger partial charge in [0.1, 0.15) is 23.7 Å². The van der Waals surface area contributed by atoms with E-state index in [2.05, 4.69) is 19.9 Å². The topological polar surface area (TPSA) is 62.2 Å². The van der Waals surface area contributed by atoms with Gasteiger partial charge in [0.2, 0.25) is 0 Å². The average molecular weight is 363 g/mol. The first kappa shape index (κ1) is 17.1. The van der Waals surface area contributed by atoms with Crippen molar-refractivity contribution in [2.75, 3.05) is 31.1 Å². The van der Waals surface area contributed by atoms with Crippen LogP contribution in [0.2, 0.25) is 0 Å². The molecule has 0 saturated carbocycles. The van der Waals surface area contributed by atoms with Gasteiger partial charge in [0.05, 0.1) is 5.69 Å². The largest absolute Gasteiger partial charge is 0.353 e. The van der Waals surface area contributed by atoms with Gasteiger partial charge in [0.15, 0.2) is 0 Å². The monoisotopic (exact) mass is 363 g/mol. The zero-order valence-corrected chi connectivity index (χ0v) is 14.6. The zero-order chi connectivity index (χ0) is 18.6. The quantitative estimate of drug-likeness (QED) is 0.716. The fourth-order valence-electron chi connectivity index (χ4n) is 3.09. The minimum atomic E-state index is -0.276. The van der Waals surface area contributed by atoms with E-state index in [9.17, 15) is 9.18 Å². The molecule has 6 nitrogen and oxygen atoms in total. The number of rotatable bonds is 3. The van der Waals surface area contributed by atoms with E-state index in [-0.39, 0.29) is 11.7 Å². The Morgan fingerprint density at radius 1 is 0.926 bits per heavy atom. The Balaban J connectivity index is 1.45. The lowest BCUT2D eigenvalue weighted by atomic mass is 10.1. The molecule has 4 rings (SSSR count). The standard InChI is InChI=1S/C20H18FN5O/c21-16-6-4-15(5-7-16)18-13-19(24-14-23-18)25-9-11-26(12-10-25)20(27)17-3-1-2-8-22-17/h1-8,13-14H,9-12H2. The van der Waals surface area contributed by atoms with Gasteiger partial charge in [-0.25, -0.2) is 14.4 Å². The molecule has 0 N–H and O–H groups in total. The van der Waals surface area contributed by atoms with Crippen LogP contribution in [0.15, 0.2) is 61.1 Å². The van der Waals surface area contributed by atoms with E-state index < -0.39 is 0 Å². The van der Waals surface area contributed by atoms with Crippen molar-refractivity contribution in [1.82, 2.24) is 19.9 Å². The molecule has 0 aliphatic carbocycles. The molecule has 1 aliphatic heterocycles. The Labute approximate surface area is 156 Å². The van der Waals surface area contributed by atoms with Crippen molar-refractivity contribution in [3.8, 4) is 11.3 Å². The van der Waals surface area contributed by atoms with Crippen molar-refractivity contribution < 1.29 is 9.18 Å². The molecule has 136 valence electrons. The fraction of sp³-hybridized carbons (Fsp3) is 0.200. The van der Waals surface area contributed by atoms with Crippen LogP contribution >= 0.6 is 0 Å². The molecular formula is C20H18FN5O. The van der Waals surface area contributed by atoms with Crippen LogP contribution in [-0.2, 0) is 0 Å². The molecule has 1 aliphatic rings. The third kappa shape index (κ3) is 3.76. The number of amides is 1. The molecule has 1 amide bonds. The Morgan fingerprint density at radius 2 is 1.70 bits per heavy atom. The number of nitrogens with zero attached hydrogens (tertiary/aromatic N) is 5. The first-order valence-corrected chi connectivity index (χ1v) is 8.74. The van der Waals surface area contributed by atoms with Gasteiger partial charge >= 0.3 is 0 Å². The van der Waals surface area contributed by atoms with E-state index in [0.29, 0.717) is 31.9 Å². The second kappa shape index (κ2) is 7.49. The number of carbonyl (C=O) groups excluding carboxylic acids is 1. The summed E-state index contributed by atoms with van der Waals surface area (Å²) < 4.78 is 13.1. The minimum Gasteiger partial charge on any atom is -0.353 e. The summed E-state index contributed by atoms with van der Waals surface area (Å²) in [6.07, 6.45) is 3.14. The Hall–Kier alpha value is -3.35. The maximum absolute atomic E-state index is 13.1. The van der Waals surface area contributed by atoms with Crippen LogP contribution in [0.5, 0.6) is 0 Å². The summed E-state index contributed by atoms with van der Waals surface area (Å²) in [6.45, 7) is 2.56. The third-order valence-corrected chi connectivity index (χ3v) is 4.57. The first-order valence-electron chi connectivity index (χ1n) is 8.74. The number of aromatic nitrogens is 3. The van der Waals surface area contributed by atoms with Crippen molar-refractivity contribution in [3.05, 3.63) is 72.6 Å². The minimum absolute atomic E-state index is 0.0510. The normalized spacial score (nSPS) is 14.3. The summed E-state index contributed by atoms with van der Waals surface area (Å²) in [4.78, 5) is 29.2. The van der Waals surface area contributed by atoms with Crippen molar-refractivity contribution in [2.45, 2.75) is 0 Å². The lowest BCUT2D eigenvalue weighted by Crippen LogP contribution is -2.49. The highest BCUT2D eigenvalue weighted by atomic mass is 19.1. The van der Waals surface area contributed by atoms with Crippen LogP contribution in [0.4, 0.5) is 10.2 Å². The lowest BCUT2D eigenvalue weighted by Gasteiger charge is -2.35. The number of anilines is 1. The van der Waals surface area contributed by atoms with Crippen LogP contribution in [0, 0.1) is 5.82 Å². The van der Waals surface area contributed by atoms with Crippen LogP contribution in [0.1, 0.15) is 10.5 Å². The molecule has 0 radical (unpaired) electrons. The molecule has 1 fully saturated rings. The lowest BCUT2D eigenvalue weighted by molar-refractivity contribution is 0.0740. The second-order valence-corrected chi connectivity index (χ2v) is 6.26. The van der Waals surface area contributed by atoms with E-state index in [4.69, 9.17) is 0 Å². The van der Waals surface area contributed by atoms with Crippen molar-refractivity contribution in [1.29, 1.82) is 0 Å². The summed E-state index contributed by atoms with van der Waals surface area (Å²) in [5, 5.41) is 0. The van der Waals surface area contributed by atoms with Crippen molar-refractivity contribution in [3.63, 3.8) is 0 Å². The van der Waals surface area contributed by atoms with Crippen LogP contribution in [0.25, 0.3) is 11.3 Å². The van der Waals surface area contributed by atoms with Crippen LogP contribution in [0.3, 0.4) is 0 Å². The fourth-order valence-corrected chi connectivity index (χ4v) is 3.09. The van der Waals surface area contributed by atoms with Crippen LogP contribution < -0.4 is 4.90 Å². The third-order valence-electron chi connectivity index (χ3n) is 4.57. The predicted molar refractivity (Wildman–Crippen MR) is 99.8 cm³/mol. The molecule has 0 bridgehead atoms. The summed E-state index contributed by atoms with van der Waals surface area (Å²) in [6, 6.07) is 13.5. The zero-order valence-electron chi connectivity index (χ0n) is 14.6. The Kier molecular flexibility index (Phi) is 4.74. The van der Waals surface area contributed by atoms with E-state index >= 15 is 0 Å². The first-order chi connectivity index (χ1) is 13.2. The second-order valence-electron chi connectivity index (χ2n) is 6.26. The van der Waals surface area contributed by atoms with Gasteiger partial charge in [-0.2, -0.15) is 0 Å². The maximum atomic E-state index is 13.1. The highest BCUT2D eigenvalue weighted by Gasteiger charge is 2.23. The van der Waals surface area contributed by atoms with Gasteiger partial charge in [-0.3, -0.25) is 9.78 Å². The number of hydrogen-bond donors (Lipinski definition) is 0. The molecule has 0 atom stereocenters. The molecule has 0 spiro atoms. The summed E-state index contributed by atoms with van der Waals surface area (Å²) in [5.74, 6) is 0.473. The number of piperazine rings is 1. The summed E-state index contributed by atoms with van der Waals surface area (Å²) in [7, 11) is 0. The van der Waals surface area contributed by atoms with E-state index in [1.807, 2.05) is 12.1 Å². The Morgan fingerprint density at radius 3 is 2.41 bits per heavy atom. The van der Waals surface area contributed by atoms with Gasteiger partial charge in [-0.1, -0.05) is 6.07 Å². The van der Waals surface area contributed by atoms with Gasteiger partial charge < -0.3 is 9.80 Å². The molecule has 3 heterocycles. The molecule has 2 aromatic heterocycles. The van der Waals surface area contributed by atoms with E-state index in [1.165, 1.54) is 18.5 Å². The van der Waals surface area contributed by atoms with Gasteiger partial charge in [0.25, 0.3) is 5.91 Å². The number of halogens is 1. The smallest absolute Gasteiger partial charge is 0.272 e. The van der Waals surface area contributed by atoms with Gasteiger partial charge in [0, 0.05) is 44.0 Å². The SMILES string of the molecule is O=C(c1ccccn1)N1CCN(c2cc(-c3ccc(F)cc3)ncn2)CC1. The highest BCUT2D eigenvalue weighted by molar-refractivity contribution is 5.92. The summed E-state index contributed by atoms with van der Waals surface area (Å²) >= 11 is 0. The number of carbonyl (C=O) groups is 1. The maximum Gasteiger partial charge on any atom is 0.272 e.